The van der Waals surface area contributed by atoms with Crippen LogP contribution in [0.2, 0.25) is 0 Å². The maximum atomic E-state index is 11.9. The lowest BCUT2D eigenvalue weighted by Gasteiger charge is -2.50. The number of methoxy groups -OCH3 is 1. The van der Waals surface area contributed by atoms with Crippen molar-refractivity contribution < 1.29 is 38.1 Å². The Hall–Kier alpha value is -2.45. The van der Waals surface area contributed by atoms with Crippen LogP contribution in [-0.2, 0) is 43.9 Å². The van der Waals surface area contributed by atoms with Gasteiger partial charge in [-0.1, -0.05) is 29.8 Å². The van der Waals surface area contributed by atoms with E-state index < -0.39 is 48.1 Å². The molecule has 0 aliphatic carbocycles. The third-order valence-corrected chi connectivity index (χ3v) is 4.47. The fourth-order valence-electron chi connectivity index (χ4n) is 3.36. The summed E-state index contributed by atoms with van der Waals surface area (Å²) in [5.41, 5.74) is 1.58. The number of ether oxygens (including phenoxy) is 5. The molecule has 0 bridgehead atoms. The molecule has 154 valence electrons. The minimum atomic E-state index is -1.56. The van der Waals surface area contributed by atoms with Gasteiger partial charge >= 0.3 is 17.9 Å². The first-order valence-electron chi connectivity index (χ1n) is 8.92. The number of carbonyl (C=O) groups is 3. The summed E-state index contributed by atoms with van der Waals surface area (Å²) in [5.74, 6) is -3.40. The van der Waals surface area contributed by atoms with Crippen LogP contribution in [0.5, 0.6) is 0 Å². The van der Waals surface area contributed by atoms with Gasteiger partial charge in [0.15, 0.2) is 12.2 Å². The highest BCUT2D eigenvalue weighted by Crippen LogP contribution is 2.43. The van der Waals surface area contributed by atoms with Crippen LogP contribution in [0, 0.1) is 6.92 Å². The molecule has 1 fully saturated rings. The van der Waals surface area contributed by atoms with Crippen molar-refractivity contribution in [3.05, 3.63) is 35.4 Å². The average molecular weight is 394 g/mol. The number of aryl methyl sites for hydroxylation is 1. The van der Waals surface area contributed by atoms with E-state index in [-0.39, 0.29) is 0 Å². The largest absolute Gasteiger partial charge is 0.456 e. The molecule has 0 N–H and O–H groups in total. The summed E-state index contributed by atoms with van der Waals surface area (Å²) in [5, 5.41) is 0. The molecule has 28 heavy (non-hydrogen) atoms. The van der Waals surface area contributed by atoms with Gasteiger partial charge < -0.3 is 23.7 Å². The van der Waals surface area contributed by atoms with E-state index in [9.17, 15) is 14.4 Å². The van der Waals surface area contributed by atoms with E-state index in [1.807, 2.05) is 19.1 Å². The average Bonchev–Trinajstić information content (AvgIpc) is 2.60. The zero-order chi connectivity index (χ0) is 21.1. The van der Waals surface area contributed by atoms with Crippen molar-refractivity contribution >= 4 is 17.9 Å². The van der Waals surface area contributed by atoms with Crippen LogP contribution in [0.4, 0.5) is 0 Å². The Morgan fingerprint density at radius 1 is 0.893 bits per heavy atom. The molecule has 1 aromatic carbocycles. The molecule has 0 saturated carbocycles. The zero-order valence-corrected chi connectivity index (χ0v) is 16.9. The van der Waals surface area contributed by atoms with E-state index in [2.05, 4.69) is 0 Å². The van der Waals surface area contributed by atoms with Gasteiger partial charge in [-0.2, -0.15) is 0 Å². The first-order chi connectivity index (χ1) is 13.1. The summed E-state index contributed by atoms with van der Waals surface area (Å²) >= 11 is 0. The number of esters is 3. The van der Waals surface area contributed by atoms with Crippen molar-refractivity contribution in [3.63, 3.8) is 0 Å². The maximum absolute atomic E-state index is 11.9. The molecule has 1 saturated heterocycles. The van der Waals surface area contributed by atoms with Crippen LogP contribution in [0.15, 0.2) is 24.3 Å². The van der Waals surface area contributed by atoms with E-state index in [0.717, 1.165) is 5.56 Å². The monoisotopic (exact) mass is 394 g/mol. The highest BCUT2D eigenvalue weighted by molar-refractivity contribution is 5.68. The van der Waals surface area contributed by atoms with Crippen LogP contribution in [0.3, 0.4) is 0 Å². The Labute approximate surface area is 164 Å². The first kappa shape index (κ1) is 21.8. The third kappa shape index (κ3) is 4.51. The molecule has 5 atom stereocenters. The van der Waals surface area contributed by atoms with Crippen molar-refractivity contribution in [2.45, 2.75) is 64.8 Å². The standard InChI is InChI=1S/C20H26O8/c1-11-7-9-16(10-8-11)20(24-6)19(27-15(5)23)18(26-14(4)22)17(12(2)28-20)25-13(3)21/h7-10,12,17-19H,1-6H3/t12-,17-,18+,19-,20+/m1/s1. The van der Waals surface area contributed by atoms with Crippen molar-refractivity contribution in [3.8, 4) is 0 Å². The molecule has 2 rings (SSSR count). The normalized spacial score (nSPS) is 29.6. The molecule has 1 aliphatic rings. The van der Waals surface area contributed by atoms with Crippen LogP contribution in [-0.4, -0.2) is 49.4 Å². The molecule has 1 aromatic rings. The minimum absolute atomic E-state index is 0.567. The fourth-order valence-corrected chi connectivity index (χ4v) is 3.36. The summed E-state index contributed by atoms with van der Waals surface area (Å²) < 4.78 is 28.1. The summed E-state index contributed by atoms with van der Waals surface area (Å²) in [6, 6.07) is 7.26. The molecule has 8 nitrogen and oxygen atoms in total. The van der Waals surface area contributed by atoms with Crippen LogP contribution >= 0.6 is 0 Å². The van der Waals surface area contributed by atoms with Crippen LogP contribution in [0.1, 0.15) is 38.8 Å². The Balaban J connectivity index is 2.62. The lowest BCUT2D eigenvalue weighted by molar-refractivity contribution is -0.362. The number of benzene rings is 1. The zero-order valence-electron chi connectivity index (χ0n) is 16.9. The third-order valence-electron chi connectivity index (χ3n) is 4.47. The Kier molecular flexibility index (Phi) is 6.79. The van der Waals surface area contributed by atoms with E-state index in [1.165, 1.54) is 27.9 Å². The van der Waals surface area contributed by atoms with Gasteiger partial charge in [-0.15, -0.1) is 0 Å². The predicted octanol–water partition coefficient (Wildman–Crippen LogP) is 2.01. The second-order valence-corrected chi connectivity index (χ2v) is 6.74. The maximum Gasteiger partial charge on any atom is 0.303 e. The number of hydrogen-bond donors (Lipinski definition) is 0. The molecule has 0 radical (unpaired) electrons. The topological polar surface area (TPSA) is 97.4 Å². The molecular weight excluding hydrogens is 368 g/mol. The highest BCUT2D eigenvalue weighted by atomic mass is 16.7. The van der Waals surface area contributed by atoms with Gasteiger partial charge in [-0.3, -0.25) is 14.4 Å². The van der Waals surface area contributed by atoms with Gasteiger partial charge in [0.25, 0.3) is 0 Å². The number of carbonyl (C=O) groups excluding carboxylic acids is 3. The lowest BCUT2D eigenvalue weighted by atomic mass is 9.87. The molecule has 1 aliphatic heterocycles. The van der Waals surface area contributed by atoms with Gasteiger partial charge in [0, 0.05) is 33.4 Å². The van der Waals surface area contributed by atoms with Gasteiger partial charge in [-0.05, 0) is 13.8 Å². The minimum Gasteiger partial charge on any atom is -0.456 e. The molecule has 0 spiro atoms. The van der Waals surface area contributed by atoms with Crippen LogP contribution < -0.4 is 0 Å². The highest BCUT2D eigenvalue weighted by Gasteiger charge is 2.60. The number of rotatable bonds is 5. The van der Waals surface area contributed by atoms with Crippen molar-refractivity contribution in [2.75, 3.05) is 7.11 Å². The van der Waals surface area contributed by atoms with Gasteiger partial charge in [0.1, 0.15) is 0 Å². The van der Waals surface area contributed by atoms with E-state index in [0.29, 0.717) is 5.56 Å². The quantitative estimate of drug-likeness (QED) is 0.553. The summed E-state index contributed by atoms with van der Waals surface area (Å²) in [7, 11) is 1.40. The molecule has 0 unspecified atom stereocenters. The van der Waals surface area contributed by atoms with Gasteiger partial charge in [0.2, 0.25) is 11.9 Å². The number of hydrogen-bond acceptors (Lipinski definition) is 8. The second kappa shape index (κ2) is 8.70. The smallest absolute Gasteiger partial charge is 0.303 e. The van der Waals surface area contributed by atoms with Crippen LogP contribution in [0.25, 0.3) is 0 Å². The SMILES string of the molecule is CO[C@@]1(c2ccc(C)cc2)O[C@H](C)[C@@H](OC(C)=O)[C@H](OC(C)=O)[C@H]1OC(C)=O. The summed E-state index contributed by atoms with van der Waals surface area (Å²) in [6.07, 6.45) is -4.04. The molecule has 1 heterocycles. The van der Waals surface area contributed by atoms with Crippen molar-refractivity contribution in [1.82, 2.24) is 0 Å². The van der Waals surface area contributed by atoms with E-state index in [1.54, 1.807) is 19.1 Å². The Morgan fingerprint density at radius 2 is 1.39 bits per heavy atom. The van der Waals surface area contributed by atoms with E-state index in [4.69, 9.17) is 23.7 Å². The van der Waals surface area contributed by atoms with Crippen molar-refractivity contribution in [1.29, 1.82) is 0 Å². The molecular formula is C20H26O8. The second-order valence-electron chi connectivity index (χ2n) is 6.74. The van der Waals surface area contributed by atoms with Gasteiger partial charge in [0.05, 0.1) is 6.10 Å². The summed E-state index contributed by atoms with van der Waals surface area (Å²) in [4.78, 5) is 35.2. The Bertz CT molecular complexity index is 728. The van der Waals surface area contributed by atoms with Crippen molar-refractivity contribution in [2.24, 2.45) is 0 Å². The fraction of sp³-hybridized carbons (Fsp3) is 0.550. The predicted molar refractivity (Wildman–Crippen MR) is 97.1 cm³/mol. The first-order valence-corrected chi connectivity index (χ1v) is 8.92. The Morgan fingerprint density at radius 3 is 1.86 bits per heavy atom. The summed E-state index contributed by atoms with van der Waals surface area (Å²) in [6.45, 7) is 7.26. The lowest BCUT2D eigenvalue weighted by Crippen LogP contribution is -2.65. The molecule has 0 amide bonds. The van der Waals surface area contributed by atoms with E-state index >= 15 is 0 Å². The van der Waals surface area contributed by atoms with Gasteiger partial charge in [-0.25, -0.2) is 0 Å². The molecule has 8 heteroatoms. The molecule has 0 aromatic heterocycles.